The van der Waals surface area contributed by atoms with Gasteiger partial charge in [0.2, 0.25) is 0 Å². The van der Waals surface area contributed by atoms with Crippen molar-refractivity contribution in [1.29, 1.82) is 0 Å². The van der Waals surface area contributed by atoms with Crippen LogP contribution in [0.2, 0.25) is 5.02 Å². The third kappa shape index (κ3) is 2.08. The standard InChI is InChI=1S/C11H14ClNO3S/c1-17(15,16)10-9(11(10,13)6-14)7-3-2-4-8(12)5-7/h2-5,9-10,14H,6,13H2,1H3/t9-,10-,11+/m1/s1. The lowest BCUT2D eigenvalue weighted by atomic mass is 10.1. The summed E-state index contributed by atoms with van der Waals surface area (Å²) in [5.74, 6) is -0.388. The number of aliphatic hydroxyl groups is 1. The summed E-state index contributed by atoms with van der Waals surface area (Å²) in [4.78, 5) is 0. The van der Waals surface area contributed by atoms with Gasteiger partial charge in [0.15, 0.2) is 9.84 Å². The highest BCUT2D eigenvalue weighted by Crippen LogP contribution is 2.53. The number of aliphatic hydroxyl groups excluding tert-OH is 1. The molecule has 0 amide bonds. The third-order valence-electron chi connectivity index (χ3n) is 3.25. The topological polar surface area (TPSA) is 80.4 Å². The minimum absolute atomic E-state index is 0.359. The van der Waals surface area contributed by atoms with E-state index in [9.17, 15) is 13.5 Å². The van der Waals surface area contributed by atoms with Gasteiger partial charge in [-0.25, -0.2) is 8.42 Å². The van der Waals surface area contributed by atoms with Gasteiger partial charge in [0.1, 0.15) is 0 Å². The molecule has 1 aliphatic rings. The molecule has 0 bridgehead atoms. The fourth-order valence-corrected chi connectivity index (χ4v) is 4.49. The predicted molar refractivity (Wildman–Crippen MR) is 66.8 cm³/mol. The molecule has 2 rings (SSSR count). The summed E-state index contributed by atoms with van der Waals surface area (Å²) in [6, 6.07) is 6.92. The van der Waals surface area contributed by atoms with Crippen LogP contribution in [0.15, 0.2) is 24.3 Å². The second-order valence-corrected chi connectivity index (χ2v) is 7.16. The van der Waals surface area contributed by atoms with Crippen LogP contribution in [0.4, 0.5) is 0 Å². The van der Waals surface area contributed by atoms with Gasteiger partial charge in [0, 0.05) is 17.2 Å². The van der Waals surface area contributed by atoms with Crippen molar-refractivity contribution in [1.82, 2.24) is 0 Å². The molecule has 0 unspecified atom stereocenters. The number of halogens is 1. The quantitative estimate of drug-likeness (QED) is 0.844. The first-order valence-electron chi connectivity index (χ1n) is 5.15. The number of nitrogens with two attached hydrogens (primary N) is 1. The molecule has 3 atom stereocenters. The average molecular weight is 276 g/mol. The first kappa shape index (κ1) is 12.8. The number of sulfone groups is 1. The van der Waals surface area contributed by atoms with Gasteiger partial charge in [0.05, 0.1) is 17.4 Å². The number of hydrogen-bond donors (Lipinski definition) is 2. The zero-order valence-corrected chi connectivity index (χ0v) is 10.9. The van der Waals surface area contributed by atoms with E-state index < -0.39 is 20.6 Å². The largest absolute Gasteiger partial charge is 0.394 e. The third-order valence-corrected chi connectivity index (χ3v) is 5.11. The fraction of sp³-hybridized carbons (Fsp3) is 0.455. The predicted octanol–water partition coefficient (Wildman–Crippen LogP) is 0.540. The van der Waals surface area contributed by atoms with Gasteiger partial charge >= 0.3 is 0 Å². The van der Waals surface area contributed by atoms with Crippen LogP contribution in [0.5, 0.6) is 0 Å². The van der Waals surface area contributed by atoms with Crippen molar-refractivity contribution < 1.29 is 13.5 Å². The van der Waals surface area contributed by atoms with E-state index >= 15 is 0 Å². The van der Waals surface area contributed by atoms with Gasteiger partial charge in [-0.05, 0) is 17.7 Å². The van der Waals surface area contributed by atoms with E-state index in [0.717, 1.165) is 11.8 Å². The summed E-state index contributed by atoms with van der Waals surface area (Å²) >= 11 is 5.86. The van der Waals surface area contributed by atoms with Crippen LogP contribution in [-0.4, -0.2) is 37.2 Å². The molecular formula is C11H14ClNO3S. The van der Waals surface area contributed by atoms with Crippen LogP contribution in [-0.2, 0) is 9.84 Å². The van der Waals surface area contributed by atoms with Gasteiger partial charge in [-0.1, -0.05) is 23.7 Å². The highest BCUT2D eigenvalue weighted by Gasteiger charge is 2.67. The highest BCUT2D eigenvalue weighted by molar-refractivity contribution is 7.91. The smallest absolute Gasteiger partial charge is 0.152 e. The molecule has 1 fully saturated rings. The lowest BCUT2D eigenvalue weighted by Gasteiger charge is -2.06. The van der Waals surface area contributed by atoms with E-state index in [-0.39, 0.29) is 12.5 Å². The van der Waals surface area contributed by atoms with Crippen LogP contribution >= 0.6 is 11.6 Å². The SMILES string of the molecule is CS(=O)(=O)[C@@H]1[C@@H](c2cccc(Cl)c2)[C@@]1(N)CO. The van der Waals surface area contributed by atoms with Crippen molar-refractivity contribution in [3.05, 3.63) is 34.9 Å². The number of hydrogen-bond acceptors (Lipinski definition) is 4. The van der Waals surface area contributed by atoms with Crippen LogP contribution in [0.1, 0.15) is 11.5 Å². The van der Waals surface area contributed by atoms with Crippen molar-refractivity contribution >= 4 is 21.4 Å². The minimum atomic E-state index is -3.29. The van der Waals surface area contributed by atoms with Gasteiger partial charge in [-0.3, -0.25) is 0 Å². The zero-order valence-electron chi connectivity index (χ0n) is 9.30. The summed E-state index contributed by atoms with van der Waals surface area (Å²) < 4.78 is 23.2. The molecule has 0 aromatic heterocycles. The minimum Gasteiger partial charge on any atom is -0.394 e. The van der Waals surface area contributed by atoms with E-state index in [1.807, 2.05) is 0 Å². The maximum absolute atomic E-state index is 11.6. The molecule has 0 aliphatic heterocycles. The van der Waals surface area contributed by atoms with Crippen LogP contribution in [0.25, 0.3) is 0 Å². The van der Waals surface area contributed by atoms with E-state index in [1.165, 1.54) is 0 Å². The van der Waals surface area contributed by atoms with Gasteiger partial charge < -0.3 is 10.8 Å². The molecule has 0 radical (unpaired) electrons. The molecule has 0 saturated heterocycles. The Bertz CT molecular complexity index is 545. The molecule has 1 aromatic carbocycles. The van der Waals surface area contributed by atoms with Gasteiger partial charge in [-0.2, -0.15) is 0 Å². The van der Waals surface area contributed by atoms with Crippen LogP contribution < -0.4 is 5.73 Å². The second-order valence-electron chi connectivity index (χ2n) is 4.55. The zero-order chi connectivity index (χ0) is 12.8. The number of benzene rings is 1. The van der Waals surface area contributed by atoms with E-state index in [2.05, 4.69) is 0 Å². The van der Waals surface area contributed by atoms with Gasteiger partial charge in [0.25, 0.3) is 0 Å². The second kappa shape index (κ2) is 3.95. The monoisotopic (exact) mass is 275 g/mol. The molecule has 6 heteroatoms. The summed E-state index contributed by atoms with van der Waals surface area (Å²) in [5.41, 5.74) is 5.60. The van der Waals surface area contributed by atoms with Crippen molar-refractivity contribution in [2.24, 2.45) is 5.73 Å². The Balaban J connectivity index is 2.41. The summed E-state index contributed by atoms with van der Waals surface area (Å²) in [5, 5.41) is 9.07. The number of rotatable bonds is 3. The molecule has 94 valence electrons. The molecule has 0 spiro atoms. The highest BCUT2D eigenvalue weighted by atomic mass is 35.5. The van der Waals surface area contributed by atoms with Crippen molar-refractivity contribution in [2.75, 3.05) is 12.9 Å². The van der Waals surface area contributed by atoms with E-state index in [4.69, 9.17) is 17.3 Å². The maximum Gasteiger partial charge on any atom is 0.152 e. The Morgan fingerprint density at radius 3 is 2.59 bits per heavy atom. The Labute approximate surface area is 105 Å². The summed E-state index contributed by atoms with van der Waals surface area (Å²) in [6.45, 7) is -0.359. The Hall–Kier alpha value is -0.620. The first-order valence-corrected chi connectivity index (χ1v) is 7.48. The Morgan fingerprint density at radius 1 is 1.53 bits per heavy atom. The van der Waals surface area contributed by atoms with Crippen molar-refractivity contribution in [2.45, 2.75) is 16.7 Å². The van der Waals surface area contributed by atoms with E-state index in [0.29, 0.717) is 5.02 Å². The molecule has 0 heterocycles. The van der Waals surface area contributed by atoms with E-state index in [1.54, 1.807) is 24.3 Å². The first-order chi connectivity index (χ1) is 7.80. The lowest BCUT2D eigenvalue weighted by molar-refractivity contribution is 0.253. The molecule has 3 N–H and O–H groups in total. The van der Waals surface area contributed by atoms with Crippen molar-refractivity contribution in [3.8, 4) is 0 Å². The molecule has 4 nitrogen and oxygen atoms in total. The van der Waals surface area contributed by atoms with Crippen LogP contribution in [0, 0.1) is 0 Å². The fourth-order valence-electron chi connectivity index (χ4n) is 2.44. The molecule has 1 aromatic rings. The Kier molecular flexibility index (Phi) is 2.98. The molecule has 1 aliphatic carbocycles. The Morgan fingerprint density at radius 2 is 2.18 bits per heavy atom. The molecule has 1 saturated carbocycles. The van der Waals surface area contributed by atoms with Crippen LogP contribution in [0.3, 0.4) is 0 Å². The van der Waals surface area contributed by atoms with Gasteiger partial charge in [-0.15, -0.1) is 0 Å². The summed E-state index contributed by atoms with van der Waals surface area (Å²) in [6.07, 6.45) is 1.14. The maximum atomic E-state index is 11.6. The molecular weight excluding hydrogens is 262 g/mol. The van der Waals surface area contributed by atoms with Crippen molar-refractivity contribution in [3.63, 3.8) is 0 Å². The normalized spacial score (nSPS) is 32.5. The lowest BCUT2D eigenvalue weighted by Crippen LogP contribution is -2.34. The average Bonchev–Trinajstić information content (AvgIpc) is 2.86. The summed E-state index contributed by atoms with van der Waals surface area (Å²) in [7, 11) is -3.29. The molecule has 17 heavy (non-hydrogen) atoms.